The van der Waals surface area contributed by atoms with Crippen molar-refractivity contribution >= 4 is 6.03 Å². The van der Waals surface area contributed by atoms with Gasteiger partial charge in [-0.15, -0.1) is 0 Å². The average molecular weight is 264 g/mol. The molecule has 0 saturated carbocycles. The molecule has 0 aromatic carbocycles. The maximum absolute atomic E-state index is 12.0. The Balaban J connectivity index is 1.77. The maximum atomic E-state index is 12.0. The van der Waals surface area contributed by atoms with Gasteiger partial charge in [-0.3, -0.25) is 4.68 Å². The lowest BCUT2D eigenvalue weighted by atomic mass is 9.97. The largest absolute Gasteiger partial charge is 0.333 e. The van der Waals surface area contributed by atoms with Crippen LogP contribution in [0.25, 0.3) is 0 Å². The number of nitrogens with one attached hydrogen (secondary N) is 1. The first-order valence-electron chi connectivity index (χ1n) is 6.98. The second-order valence-corrected chi connectivity index (χ2v) is 6.34. The summed E-state index contributed by atoms with van der Waals surface area (Å²) in [5.74, 6) is 0.624. The number of rotatable bonds is 2. The fourth-order valence-corrected chi connectivity index (χ4v) is 2.39. The molecule has 1 aliphatic heterocycles. The van der Waals surface area contributed by atoms with Crippen molar-refractivity contribution in [2.24, 2.45) is 5.92 Å². The first-order chi connectivity index (χ1) is 8.94. The number of amides is 2. The van der Waals surface area contributed by atoms with Gasteiger partial charge in [-0.05, 0) is 45.6 Å². The zero-order valence-corrected chi connectivity index (χ0v) is 12.1. The number of nitrogens with zero attached hydrogens (tertiary/aromatic N) is 3. The highest BCUT2D eigenvalue weighted by Crippen LogP contribution is 2.19. The van der Waals surface area contributed by atoms with Gasteiger partial charge in [-0.1, -0.05) is 0 Å². The molecule has 0 atom stereocenters. The number of likely N-dealkylation sites (tertiary alicyclic amines) is 1. The fraction of sp³-hybridized carbons (Fsp3) is 0.714. The number of hydrogen-bond acceptors (Lipinski definition) is 2. The third kappa shape index (κ3) is 4.26. The van der Waals surface area contributed by atoms with Crippen LogP contribution in [0.1, 0.15) is 33.6 Å². The van der Waals surface area contributed by atoms with Crippen LogP contribution in [0, 0.1) is 5.92 Å². The van der Waals surface area contributed by atoms with Crippen molar-refractivity contribution in [3.8, 4) is 0 Å². The molecule has 5 nitrogen and oxygen atoms in total. The van der Waals surface area contributed by atoms with E-state index < -0.39 is 0 Å². The summed E-state index contributed by atoms with van der Waals surface area (Å²) in [4.78, 5) is 14.0. The van der Waals surface area contributed by atoms with Gasteiger partial charge < -0.3 is 10.2 Å². The molecule has 106 valence electrons. The van der Waals surface area contributed by atoms with Gasteiger partial charge in [0.15, 0.2) is 0 Å². The van der Waals surface area contributed by atoms with E-state index in [1.165, 1.54) is 0 Å². The standard InChI is InChI=1S/C14H24N4O/c1-14(2,3)16-13(19)17-9-5-12(6-10-17)11-18-8-4-7-15-18/h4,7-8,12H,5-6,9-11H2,1-3H3,(H,16,19). The summed E-state index contributed by atoms with van der Waals surface area (Å²) in [6.07, 6.45) is 5.92. The Morgan fingerprint density at radius 2 is 2.05 bits per heavy atom. The Hall–Kier alpha value is -1.52. The summed E-state index contributed by atoms with van der Waals surface area (Å²) in [5, 5.41) is 7.26. The van der Waals surface area contributed by atoms with Gasteiger partial charge in [0.1, 0.15) is 0 Å². The van der Waals surface area contributed by atoms with E-state index in [0.29, 0.717) is 5.92 Å². The Morgan fingerprint density at radius 3 is 2.58 bits per heavy atom. The topological polar surface area (TPSA) is 50.2 Å². The maximum Gasteiger partial charge on any atom is 0.317 e. The minimum absolute atomic E-state index is 0.0602. The molecule has 2 amide bonds. The molecule has 0 radical (unpaired) electrons. The van der Waals surface area contributed by atoms with Gasteiger partial charge in [0.05, 0.1) is 0 Å². The molecule has 1 aliphatic rings. The smallest absolute Gasteiger partial charge is 0.317 e. The monoisotopic (exact) mass is 264 g/mol. The molecule has 1 N–H and O–H groups in total. The summed E-state index contributed by atoms with van der Waals surface area (Å²) in [5.41, 5.74) is -0.164. The predicted octanol–water partition coefficient (Wildman–Crippen LogP) is 2.10. The Labute approximate surface area is 115 Å². The van der Waals surface area contributed by atoms with E-state index in [1.54, 1.807) is 0 Å². The highest BCUT2D eigenvalue weighted by Gasteiger charge is 2.25. The minimum atomic E-state index is -0.164. The first kappa shape index (κ1) is 13.9. The molecule has 1 aromatic heterocycles. The lowest BCUT2D eigenvalue weighted by Crippen LogP contribution is -2.50. The highest BCUT2D eigenvalue weighted by atomic mass is 16.2. The number of hydrogen-bond donors (Lipinski definition) is 1. The number of urea groups is 1. The zero-order valence-electron chi connectivity index (χ0n) is 12.1. The van der Waals surface area contributed by atoms with Crippen LogP contribution in [0.5, 0.6) is 0 Å². The highest BCUT2D eigenvalue weighted by molar-refractivity contribution is 5.75. The van der Waals surface area contributed by atoms with Crippen LogP contribution in [-0.4, -0.2) is 39.3 Å². The third-order valence-corrected chi connectivity index (χ3v) is 3.39. The lowest BCUT2D eigenvalue weighted by Gasteiger charge is -2.34. The van der Waals surface area contributed by atoms with Gasteiger partial charge in [-0.2, -0.15) is 5.10 Å². The molecule has 1 fully saturated rings. The van der Waals surface area contributed by atoms with Crippen molar-refractivity contribution in [2.45, 2.75) is 45.7 Å². The van der Waals surface area contributed by atoms with Crippen molar-refractivity contribution in [1.29, 1.82) is 0 Å². The van der Waals surface area contributed by atoms with Crippen molar-refractivity contribution < 1.29 is 4.79 Å². The number of aromatic nitrogens is 2. The zero-order chi connectivity index (χ0) is 13.9. The van der Waals surface area contributed by atoms with Crippen LogP contribution < -0.4 is 5.32 Å². The van der Waals surface area contributed by atoms with Gasteiger partial charge in [0, 0.05) is 37.6 Å². The fourth-order valence-electron chi connectivity index (χ4n) is 2.39. The molecule has 1 aromatic rings. The molecule has 2 heterocycles. The Morgan fingerprint density at radius 1 is 1.37 bits per heavy atom. The molecule has 0 bridgehead atoms. The Kier molecular flexibility index (Phi) is 4.12. The summed E-state index contributed by atoms with van der Waals surface area (Å²) in [6, 6.07) is 2.01. The van der Waals surface area contributed by atoms with Gasteiger partial charge in [0.2, 0.25) is 0 Å². The molecular weight excluding hydrogens is 240 g/mol. The second kappa shape index (κ2) is 5.63. The van der Waals surface area contributed by atoms with E-state index in [0.717, 1.165) is 32.5 Å². The third-order valence-electron chi connectivity index (χ3n) is 3.39. The molecule has 0 unspecified atom stereocenters. The molecule has 0 aliphatic carbocycles. The van der Waals surface area contributed by atoms with Crippen LogP contribution in [0.2, 0.25) is 0 Å². The summed E-state index contributed by atoms with van der Waals surface area (Å²) >= 11 is 0. The number of piperidine rings is 1. The van der Waals surface area contributed by atoms with E-state index >= 15 is 0 Å². The number of carbonyl (C=O) groups is 1. The van der Waals surface area contributed by atoms with Crippen LogP contribution in [-0.2, 0) is 6.54 Å². The number of carbonyl (C=O) groups excluding carboxylic acids is 1. The van der Waals surface area contributed by atoms with Gasteiger partial charge >= 0.3 is 6.03 Å². The van der Waals surface area contributed by atoms with E-state index in [-0.39, 0.29) is 11.6 Å². The van der Waals surface area contributed by atoms with E-state index in [2.05, 4.69) is 10.4 Å². The predicted molar refractivity (Wildman–Crippen MR) is 74.8 cm³/mol. The summed E-state index contributed by atoms with van der Waals surface area (Å²) in [7, 11) is 0. The SMILES string of the molecule is CC(C)(C)NC(=O)N1CCC(Cn2cccn2)CC1. The van der Waals surface area contributed by atoms with Crippen molar-refractivity contribution in [3.05, 3.63) is 18.5 Å². The summed E-state index contributed by atoms with van der Waals surface area (Å²) < 4.78 is 1.98. The molecule has 0 spiro atoms. The second-order valence-electron chi connectivity index (χ2n) is 6.34. The van der Waals surface area contributed by atoms with E-state index in [9.17, 15) is 4.79 Å². The first-order valence-corrected chi connectivity index (χ1v) is 6.98. The van der Waals surface area contributed by atoms with Crippen LogP contribution >= 0.6 is 0 Å². The Bertz CT molecular complexity index is 400. The van der Waals surface area contributed by atoms with E-state index in [1.807, 2.05) is 48.8 Å². The van der Waals surface area contributed by atoms with Crippen LogP contribution in [0.4, 0.5) is 4.79 Å². The van der Waals surface area contributed by atoms with Crippen LogP contribution in [0.15, 0.2) is 18.5 Å². The molecule has 19 heavy (non-hydrogen) atoms. The minimum Gasteiger partial charge on any atom is -0.333 e. The quantitative estimate of drug-likeness (QED) is 0.889. The van der Waals surface area contributed by atoms with Gasteiger partial charge in [0.25, 0.3) is 0 Å². The van der Waals surface area contributed by atoms with Crippen molar-refractivity contribution in [1.82, 2.24) is 20.0 Å². The average Bonchev–Trinajstić information content (AvgIpc) is 2.80. The van der Waals surface area contributed by atoms with Gasteiger partial charge in [-0.25, -0.2) is 4.79 Å². The molecule has 1 saturated heterocycles. The normalized spacial score (nSPS) is 17.5. The van der Waals surface area contributed by atoms with E-state index in [4.69, 9.17) is 0 Å². The van der Waals surface area contributed by atoms with Crippen molar-refractivity contribution in [3.63, 3.8) is 0 Å². The van der Waals surface area contributed by atoms with Crippen LogP contribution in [0.3, 0.4) is 0 Å². The lowest BCUT2D eigenvalue weighted by molar-refractivity contribution is 0.157. The summed E-state index contributed by atoms with van der Waals surface area (Å²) in [6.45, 7) is 8.67. The molecular formula is C14H24N4O. The molecule has 2 rings (SSSR count). The van der Waals surface area contributed by atoms with Crippen molar-refractivity contribution in [2.75, 3.05) is 13.1 Å². The molecule has 5 heteroatoms.